The number of rotatable bonds is 4. The molecule has 110 valence electrons. The van der Waals surface area contributed by atoms with Crippen molar-refractivity contribution in [3.63, 3.8) is 0 Å². The molecule has 1 aromatic carbocycles. The third kappa shape index (κ3) is 2.78. The van der Waals surface area contributed by atoms with Gasteiger partial charge in [0.2, 0.25) is 0 Å². The van der Waals surface area contributed by atoms with Crippen LogP contribution < -0.4 is 15.0 Å². The standard InChI is InChI=1S/C17H26N2O/c1-13(2)18-12-14-8-9-15(14)19-10-5-11-20-17-7-4-3-6-16(17)19/h3-4,6-7,13-15,18H,5,8-12H2,1-2H3. The second kappa shape index (κ2) is 6.04. The highest BCUT2D eigenvalue weighted by molar-refractivity contribution is 5.60. The molecule has 1 fully saturated rings. The van der Waals surface area contributed by atoms with Crippen LogP contribution in [0.15, 0.2) is 24.3 Å². The molecule has 3 heteroatoms. The van der Waals surface area contributed by atoms with E-state index in [1.807, 2.05) is 0 Å². The number of benzene rings is 1. The molecule has 1 saturated carbocycles. The Bertz CT molecular complexity index is 446. The highest BCUT2D eigenvalue weighted by Gasteiger charge is 2.36. The second-order valence-electron chi connectivity index (χ2n) is 6.33. The molecule has 0 amide bonds. The summed E-state index contributed by atoms with van der Waals surface area (Å²) in [6.45, 7) is 7.56. The summed E-state index contributed by atoms with van der Waals surface area (Å²) in [7, 11) is 0. The van der Waals surface area contributed by atoms with Crippen molar-refractivity contribution in [1.82, 2.24) is 5.32 Å². The van der Waals surface area contributed by atoms with E-state index in [9.17, 15) is 0 Å². The number of fused-ring (bicyclic) bond motifs is 1. The fraction of sp³-hybridized carbons (Fsp3) is 0.647. The molecule has 0 aromatic heterocycles. The van der Waals surface area contributed by atoms with Crippen LogP contribution in [0, 0.1) is 5.92 Å². The lowest BCUT2D eigenvalue weighted by Crippen LogP contribution is -2.51. The van der Waals surface area contributed by atoms with Crippen molar-refractivity contribution in [3.05, 3.63) is 24.3 Å². The van der Waals surface area contributed by atoms with Gasteiger partial charge in [-0.2, -0.15) is 0 Å². The number of nitrogens with zero attached hydrogens (tertiary/aromatic N) is 1. The SMILES string of the molecule is CC(C)NCC1CCC1N1CCCOc2ccccc21. The first-order valence-electron chi connectivity index (χ1n) is 7.97. The van der Waals surface area contributed by atoms with Gasteiger partial charge in [-0.3, -0.25) is 0 Å². The molecule has 2 unspecified atom stereocenters. The Hall–Kier alpha value is -1.22. The molecule has 20 heavy (non-hydrogen) atoms. The van der Waals surface area contributed by atoms with E-state index in [1.165, 1.54) is 18.5 Å². The fourth-order valence-electron chi connectivity index (χ4n) is 3.29. The molecule has 1 aromatic rings. The average molecular weight is 274 g/mol. The lowest BCUT2D eigenvalue weighted by Gasteiger charge is -2.45. The van der Waals surface area contributed by atoms with Crippen LogP contribution in [0.3, 0.4) is 0 Å². The molecule has 0 radical (unpaired) electrons. The van der Waals surface area contributed by atoms with E-state index < -0.39 is 0 Å². The molecular formula is C17H26N2O. The smallest absolute Gasteiger partial charge is 0.142 e. The van der Waals surface area contributed by atoms with Crippen LogP contribution in [0.4, 0.5) is 5.69 Å². The maximum Gasteiger partial charge on any atom is 0.142 e. The summed E-state index contributed by atoms with van der Waals surface area (Å²) in [5.41, 5.74) is 1.30. The Morgan fingerprint density at radius 3 is 2.90 bits per heavy atom. The summed E-state index contributed by atoms with van der Waals surface area (Å²) < 4.78 is 5.87. The van der Waals surface area contributed by atoms with Gasteiger partial charge in [0.25, 0.3) is 0 Å². The van der Waals surface area contributed by atoms with Gasteiger partial charge in [0.1, 0.15) is 5.75 Å². The molecule has 0 saturated heterocycles. The third-order valence-electron chi connectivity index (χ3n) is 4.54. The van der Waals surface area contributed by atoms with Gasteiger partial charge in [0, 0.05) is 25.2 Å². The van der Waals surface area contributed by atoms with Gasteiger partial charge in [-0.1, -0.05) is 26.0 Å². The van der Waals surface area contributed by atoms with Crippen LogP contribution in [0.25, 0.3) is 0 Å². The summed E-state index contributed by atoms with van der Waals surface area (Å²) >= 11 is 0. The quantitative estimate of drug-likeness (QED) is 0.913. The van der Waals surface area contributed by atoms with E-state index >= 15 is 0 Å². The summed E-state index contributed by atoms with van der Waals surface area (Å²) in [4.78, 5) is 2.60. The van der Waals surface area contributed by atoms with Gasteiger partial charge < -0.3 is 15.0 Å². The van der Waals surface area contributed by atoms with E-state index in [2.05, 4.69) is 48.3 Å². The number of ether oxygens (including phenoxy) is 1. The van der Waals surface area contributed by atoms with Gasteiger partial charge in [-0.05, 0) is 37.3 Å². The monoisotopic (exact) mass is 274 g/mol. The zero-order valence-electron chi connectivity index (χ0n) is 12.6. The molecule has 1 N–H and O–H groups in total. The minimum atomic E-state index is 0.580. The van der Waals surface area contributed by atoms with E-state index in [4.69, 9.17) is 4.74 Å². The van der Waals surface area contributed by atoms with Crippen LogP contribution in [-0.4, -0.2) is 31.8 Å². The largest absolute Gasteiger partial charge is 0.491 e. The zero-order valence-corrected chi connectivity index (χ0v) is 12.6. The molecule has 0 bridgehead atoms. The Morgan fingerprint density at radius 1 is 1.30 bits per heavy atom. The molecule has 0 spiro atoms. The molecule has 2 aliphatic rings. The Balaban J connectivity index is 1.73. The van der Waals surface area contributed by atoms with Gasteiger partial charge in [-0.25, -0.2) is 0 Å². The van der Waals surface area contributed by atoms with Gasteiger partial charge in [0.05, 0.1) is 12.3 Å². The van der Waals surface area contributed by atoms with Crippen molar-refractivity contribution in [2.24, 2.45) is 5.92 Å². The van der Waals surface area contributed by atoms with Crippen molar-refractivity contribution in [3.8, 4) is 5.75 Å². The highest BCUT2D eigenvalue weighted by Crippen LogP contribution is 2.39. The Kier molecular flexibility index (Phi) is 4.16. The van der Waals surface area contributed by atoms with Crippen LogP contribution in [0.2, 0.25) is 0 Å². The zero-order chi connectivity index (χ0) is 13.9. The average Bonchev–Trinajstić information content (AvgIpc) is 2.61. The molecular weight excluding hydrogens is 248 g/mol. The lowest BCUT2D eigenvalue weighted by molar-refractivity contribution is 0.229. The number of nitrogens with one attached hydrogen (secondary N) is 1. The Morgan fingerprint density at radius 2 is 2.15 bits per heavy atom. The molecule has 1 heterocycles. The molecule has 3 rings (SSSR count). The molecule has 3 nitrogen and oxygen atoms in total. The van der Waals surface area contributed by atoms with Crippen molar-refractivity contribution in [2.75, 3.05) is 24.6 Å². The fourth-order valence-corrected chi connectivity index (χ4v) is 3.29. The molecule has 1 aliphatic heterocycles. The van der Waals surface area contributed by atoms with E-state index in [1.54, 1.807) is 0 Å². The van der Waals surface area contributed by atoms with Crippen LogP contribution in [0.1, 0.15) is 33.1 Å². The number of hydrogen-bond acceptors (Lipinski definition) is 3. The number of para-hydroxylation sites is 2. The van der Waals surface area contributed by atoms with Gasteiger partial charge >= 0.3 is 0 Å². The number of hydrogen-bond donors (Lipinski definition) is 1. The van der Waals surface area contributed by atoms with E-state index in [-0.39, 0.29) is 0 Å². The Labute approximate surface area is 122 Å². The predicted octanol–water partition coefficient (Wildman–Crippen LogP) is 3.05. The summed E-state index contributed by atoms with van der Waals surface area (Å²) in [5, 5.41) is 3.60. The summed E-state index contributed by atoms with van der Waals surface area (Å²) in [5.74, 6) is 1.84. The van der Waals surface area contributed by atoms with Crippen LogP contribution in [0.5, 0.6) is 5.75 Å². The van der Waals surface area contributed by atoms with E-state index in [0.29, 0.717) is 12.1 Å². The van der Waals surface area contributed by atoms with Crippen molar-refractivity contribution >= 4 is 5.69 Å². The predicted molar refractivity (Wildman–Crippen MR) is 83.6 cm³/mol. The lowest BCUT2D eigenvalue weighted by atomic mass is 9.78. The first-order valence-corrected chi connectivity index (χ1v) is 7.97. The highest BCUT2D eigenvalue weighted by atomic mass is 16.5. The van der Waals surface area contributed by atoms with Gasteiger partial charge in [-0.15, -0.1) is 0 Å². The minimum absolute atomic E-state index is 0.580. The summed E-state index contributed by atoms with van der Waals surface area (Å²) in [6.07, 6.45) is 3.79. The first kappa shape index (κ1) is 13.7. The van der Waals surface area contributed by atoms with Crippen LogP contribution >= 0.6 is 0 Å². The van der Waals surface area contributed by atoms with Crippen molar-refractivity contribution < 1.29 is 4.74 Å². The maximum atomic E-state index is 5.87. The second-order valence-corrected chi connectivity index (χ2v) is 6.33. The van der Waals surface area contributed by atoms with Crippen molar-refractivity contribution in [2.45, 2.75) is 45.2 Å². The minimum Gasteiger partial charge on any atom is -0.491 e. The normalized spacial score (nSPS) is 25.6. The van der Waals surface area contributed by atoms with E-state index in [0.717, 1.165) is 37.8 Å². The summed E-state index contributed by atoms with van der Waals surface area (Å²) in [6, 6.07) is 9.78. The maximum absolute atomic E-state index is 5.87. The van der Waals surface area contributed by atoms with Crippen molar-refractivity contribution in [1.29, 1.82) is 0 Å². The number of anilines is 1. The van der Waals surface area contributed by atoms with Gasteiger partial charge in [0.15, 0.2) is 0 Å². The first-order chi connectivity index (χ1) is 9.75. The molecule has 2 atom stereocenters. The third-order valence-corrected chi connectivity index (χ3v) is 4.54. The topological polar surface area (TPSA) is 24.5 Å². The van der Waals surface area contributed by atoms with Crippen LogP contribution in [-0.2, 0) is 0 Å². The molecule has 1 aliphatic carbocycles.